The first-order valence-electron chi connectivity index (χ1n) is 8.60. The lowest BCUT2D eigenvalue weighted by Crippen LogP contribution is -2.28. The lowest BCUT2D eigenvalue weighted by Gasteiger charge is -2.24. The van der Waals surface area contributed by atoms with E-state index in [2.05, 4.69) is 42.7 Å². The molecule has 0 radical (unpaired) electrons. The number of hydrogen-bond acceptors (Lipinski definition) is 1. The topological polar surface area (TPSA) is 12.0 Å². The van der Waals surface area contributed by atoms with Gasteiger partial charge in [-0.05, 0) is 49.6 Å². The molecule has 2 aliphatic carbocycles. The second-order valence-electron chi connectivity index (χ2n) is 6.89. The molecule has 1 heteroatoms. The van der Waals surface area contributed by atoms with Crippen LogP contribution in [0.4, 0.5) is 0 Å². The number of rotatable bonds is 6. The van der Waals surface area contributed by atoms with Crippen LogP contribution in [0.15, 0.2) is 30.3 Å². The Kier molecular flexibility index (Phi) is 4.77. The molecule has 3 atom stereocenters. The Balaban J connectivity index is 1.48. The van der Waals surface area contributed by atoms with Crippen LogP contribution in [0.1, 0.15) is 62.8 Å². The molecule has 2 fully saturated rings. The fourth-order valence-electron chi connectivity index (χ4n) is 4.21. The molecule has 1 aromatic carbocycles. The van der Waals surface area contributed by atoms with Crippen molar-refractivity contribution in [1.29, 1.82) is 0 Å². The Morgan fingerprint density at radius 3 is 2.55 bits per heavy atom. The molecule has 1 aromatic rings. The SMILES string of the molecule is CNC(CCC1CCCCC1)C1CC1c1ccccc1. The molecule has 2 saturated carbocycles. The van der Waals surface area contributed by atoms with Gasteiger partial charge in [0.25, 0.3) is 0 Å². The van der Waals surface area contributed by atoms with Gasteiger partial charge in [-0.2, -0.15) is 0 Å². The highest BCUT2D eigenvalue weighted by Crippen LogP contribution is 2.50. The third kappa shape index (κ3) is 3.44. The van der Waals surface area contributed by atoms with Gasteiger partial charge in [0.15, 0.2) is 0 Å². The first-order valence-corrected chi connectivity index (χ1v) is 8.60. The summed E-state index contributed by atoms with van der Waals surface area (Å²) in [4.78, 5) is 0. The predicted octanol–water partition coefficient (Wildman–Crippen LogP) is 4.74. The molecule has 20 heavy (non-hydrogen) atoms. The number of hydrogen-bond donors (Lipinski definition) is 1. The second kappa shape index (κ2) is 6.76. The minimum Gasteiger partial charge on any atom is -0.317 e. The van der Waals surface area contributed by atoms with Gasteiger partial charge in [0.05, 0.1) is 0 Å². The van der Waals surface area contributed by atoms with Crippen molar-refractivity contribution in [2.24, 2.45) is 11.8 Å². The molecular weight excluding hydrogens is 242 g/mol. The summed E-state index contributed by atoms with van der Waals surface area (Å²) in [5, 5.41) is 3.60. The molecule has 0 bridgehead atoms. The predicted molar refractivity (Wildman–Crippen MR) is 85.9 cm³/mol. The van der Waals surface area contributed by atoms with E-state index in [4.69, 9.17) is 0 Å². The van der Waals surface area contributed by atoms with E-state index in [1.165, 1.54) is 51.4 Å². The molecule has 0 heterocycles. The van der Waals surface area contributed by atoms with Crippen molar-refractivity contribution in [1.82, 2.24) is 5.32 Å². The van der Waals surface area contributed by atoms with Crippen molar-refractivity contribution in [2.45, 2.75) is 63.3 Å². The zero-order valence-electron chi connectivity index (χ0n) is 12.9. The van der Waals surface area contributed by atoms with Crippen LogP contribution < -0.4 is 5.32 Å². The average Bonchev–Trinajstić information content (AvgIpc) is 3.30. The molecule has 3 unspecified atom stereocenters. The van der Waals surface area contributed by atoms with Crippen LogP contribution in [-0.4, -0.2) is 13.1 Å². The molecular formula is C19H29N. The summed E-state index contributed by atoms with van der Waals surface area (Å²) in [6.07, 6.45) is 11.6. The van der Waals surface area contributed by atoms with E-state index in [9.17, 15) is 0 Å². The van der Waals surface area contributed by atoms with E-state index in [0.29, 0.717) is 0 Å². The number of nitrogens with one attached hydrogen (secondary N) is 1. The molecule has 0 aliphatic heterocycles. The monoisotopic (exact) mass is 271 g/mol. The van der Waals surface area contributed by atoms with Gasteiger partial charge in [0, 0.05) is 6.04 Å². The minimum absolute atomic E-state index is 0.738. The van der Waals surface area contributed by atoms with Gasteiger partial charge in [-0.25, -0.2) is 0 Å². The molecule has 0 aromatic heterocycles. The quantitative estimate of drug-likeness (QED) is 0.788. The summed E-state index contributed by atoms with van der Waals surface area (Å²) >= 11 is 0. The Morgan fingerprint density at radius 2 is 1.85 bits per heavy atom. The van der Waals surface area contributed by atoms with Crippen LogP contribution >= 0.6 is 0 Å². The van der Waals surface area contributed by atoms with Crippen LogP contribution in [0, 0.1) is 11.8 Å². The van der Waals surface area contributed by atoms with E-state index in [1.54, 1.807) is 5.56 Å². The maximum absolute atomic E-state index is 3.60. The van der Waals surface area contributed by atoms with Crippen LogP contribution in [0.3, 0.4) is 0 Å². The largest absolute Gasteiger partial charge is 0.317 e. The summed E-state index contributed by atoms with van der Waals surface area (Å²) in [5.41, 5.74) is 1.55. The summed E-state index contributed by atoms with van der Waals surface area (Å²) in [6, 6.07) is 11.8. The summed E-state index contributed by atoms with van der Waals surface area (Å²) in [7, 11) is 2.16. The minimum atomic E-state index is 0.738. The molecule has 0 spiro atoms. The van der Waals surface area contributed by atoms with E-state index >= 15 is 0 Å². The van der Waals surface area contributed by atoms with Crippen molar-refractivity contribution < 1.29 is 0 Å². The van der Waals surface area contributed by atoms with Crippen LogP contribution in [0.25, 0.3) is 0 Å². The summed E-state index contributed by atoms with van der Waals surface area (Å²) in [6.45, 7) is 0. The molecule has 0 saturated heterocycles. The second-order valence-corrected chi connectivity index (χ2v) is 6.89. The van der Waals surface area contributed by atoms with Gasteiger partial charge in [-0.3, -0.25) is 0 Å². The van der Waals surface area contributed by atoms with Crippen molar-refractivity contribution in [3.8, 4) is 0 Å². The fraction of sp³-hybridized carbons (Fsp3) is 0.684. The summed E-state index contributed by atoms with van der Waals surface area (Å²) < 4.78 is 0. The molecule has 1 N–H and O–H groups in total. The first kappa shape index (κ1) is 14.1. The standard InChI is InChI=1S/C19H29N/c1-20-19(13-12-15-8-4-2-5-9-15)18-14-17(18)16-10-6-3-7-11-16/h3,6-7,10-11,15,17-20H,2,4-5,8-9,12-14H2,1H3. The zero-order valence-corrected chi connectivity index (χ0v) is 12.9. The van der Waals surface area contributed by atoms with Crippen molar-refractivity contribution in [2.75, 3.05) is 7.05 Å². The highest BCUT2D eigenvalue weighted by atomic mass is 14.9. The number of benzene rings is 1. The molecule has 0 amide bonds. The first-order chi connectivity index (χ1) is 9.88. The molecule has 110 valence electrons. The highest BCUT2D eigenvalue weighted by molar-refractivity contribution is 5.26. The Hall–Kier alpha value is -0.820. The Morgan fingerprint density at radius 1 is 1.10 bits per heavy atom. The van der Waals surface area contributed by atoms with Crippen molar-refractivity contribution in [3.05, 3.63) is 35.9 Å². The van der Waals surface area contributed by atoms with Gasteiger partial charge in [-0.1, -0.05) is 62.4 Å². The van der Waals surface area contributed by atoms with Crippen molar-refractivity contribution >= 4 is 0 Å². The Labute approximate surface area is 124 Å². The van der Waals surface area contributed by atoms with E-state index in [0.717, 1.165) is 23.8 Å². The maximum Gasteiger partial charge on any atom is 0.00984 e. The third-order valence-electron chi connectivity index (χ3n) is 5.57. The maximum atomic E-state index is 3.60. The van der Waals surface area contributed by atoms with Crippen LogP contribution in [-0.2, 0) is 0 Å². The molecule has 1 nitrogen and oxygen atoms in total. The Bertz CT molecular complexity index is 393. The smallest absolute Gasteiger partial charge is 0.00984 e. The lowest BCUT2D eigenvalue weighted by atomic mass is 9.84. The molecule has 2 aliphatic rings. The lowest BCUT2D eigenvalue weighted by molar-refractivity contribution is 0.308. The van der Waals surface area contributed by atoms with E-state index in [1.807, 2.05) is 0 Å². The highest BCUT2D eigenvalue weighted by Gasteiger charge is 2.42. The van der Waals surface area contributed by atoms with Crippen molar-refractivity contribution in [3.63, 3.8) is 0 Å². The molecule has 3 rings (SSSR count). The van der Waals surface area contributed by atoms with Gasteiger partial charge in [0.2, 0.25) is 0 Å². The fourth-order valence-corrected chi connectivity index (χ4v) is 4.21. The van der Waals surface area contributed by atoms with Gasteiger partial charge in [-0.15, -0.1) is 0 Å². The van der Waals surface area contributed by atoms with E-state index < -0.39 is 0 Å². The normalized spacial score (nSPS) is 28.2. The van der Waals surface area contributed by atoms with Crippen LogP contribution in [0.2, 0.25) is 0 Å². The van der Waals surface area contributed by atoms with Crippen LogP contribution in [0.5, 0.6) is 0 Å². The van der Waals surface area contributed by atoms with Gasteiger partial charge < -0.3 is 5.32 Å². The van der Waals surface area contributed by atoms with Gasteiger partial charge in [0.1, 0.15) is 0 Å². The zero-order chi connectivity index (χ0) is 13.8. The van der Waals surface area contributed by atoms with E-state index in [-0.39, 0.29) is 0 Å². The summed E-state index contributed by atoms with van der Waals surface area (Å²) in [5.74, 6) is 2.72. The third-order valence-corrected chi connectivity index (χ3v) is 5.57. The average molecular weight is 271 g/mol. The van der Waals surface area contributed by atoms with Gasteiger partial charge >= 0.3 is 0 Å².